The first kappa shape index (κ1) is 27.1. The van der Waals surface area contributed by atoms with Crippen LogP contribution in [0.25, 0.3) is 11.1 Å². The van der Waals surface area contributed by atoms with Crippen LogP contribution in [0.3, 0.4) is 0 Å². The third-order valence-corrected chi connectivity index (χ3v) is 6.20. The minimum absolute atomic E-state index is 0.179. The molecule has 2 N–H and O–H groups in total. The summed E-state index contributed by atoms with van der Waals surface area (Å²) in [4.78, 5) is 36.7. The first-order chi connectivity index (χ1) is 18.7. The average Bonchev–Trinajstić information content (AvgIpc) is 2.94. The maximum absolute atomic E-state index is 12.4. The van der Waals surface area contributed by atoms with Crippen LogP contribution in [-0.2, 0) is 11.2 Å². The lowest BCUT2D eigenvalue weighted by Crippen LogP contribution is -2.32. The second-order valence-corrected chi connectivity index (χ2v) is 9.29. The molecule has 0 aliphatic heterocycles. The number of carbonyl (C=O) groups is 2. The summed E-state index contributed by atoms with van der Waals surface area (Å²) >= 11 is 0. The Kier molecular flexibility index (Phi) is 8.40. The SMILES string of the molecule is Cc1ccccc1-c1cnc(N(C)c2ccccc2)nc1N[C@@H](Cc1ccc(OC(=O)N(C)C)cc1)C(=O)O. The maximum atomic E-state index is 12.4. The average molecular weight is 526 g/mol. The van der Waals surface area contributed by atoms with E-state index in [0.717, 1.165) is 22.4 Å². The number of nitrogens with one attached hydrogen (secondary N) is 1. The van der Waals surface area contributed by atoms with E-state index in [9.17, 15) is 14.7 Å². The normalized spacial score (nSPS) is 11.4. The van der Waals surface area contributed by atoms with Crippen LogP contribution in [-0.4, -0.2) is 59.2 Å². The van der Waals surface area contributed by atoms with Crippen molar-refractivity contribution < 1.29 is 19.4 Å². The van der Waals surface area contributed by atoms with Crippen LogP contribution in [0.5, 0.6) is 5.75 Å². The number of hydrogen-bond donors (Lipinski definition) is 2. The highest BCUT2D eigenvalue weighted by atomic mass is 16.6. The van der Waals surface area contributed by atoms with E-state index in [1.165, 1.54) is 4.90 Å². The van der Waals surface area contributed by atoms with Gasteiger partial charge in [-0.1, -0.05) is 54.6 Å². The van der Waals surface area contributed by atoms with Crippen LogP contribution in [0, 0.1) is 6.92 Å². The molecule has 3 aromatic carbocycles. The van der Waals surface area contributed by atoms with Crippen LogP contribution in [0.4, 0.5) is 22.2 Å². The zero-order valence-electron chi connectivity index (χ0n) is 22.3. The van der Waals surface area contributed by atoms with Gasteiger partial charge in [0.05, 0.1) is 0 Å². The van der Waals surface area contributed by atoms with Crippen LogP contribution in [0.2, 0.25) is 0 Å². The van der Waals surface area contributed by atoms with Gasteiger partial charge in [0.1, 0.15) is 17.6 Å². The lowest BCUT2D eigenvalue weighted by Gasteiger charge is -2.22. The molecule has 4 rings (SSSR count). The largest absolute Gasteiger partial charge is 0.480 e. The summed E-state index contributed by atoms with van der Waals surface area (Å²) in [6.07, 6.45) is 1.41. The zero-order chi connectivity index (χ0) is 27.9. The summed E-state index contributed by atoms with van der Waals surface area (Å²) in [5.74, 6) is 0.201. The number of nitrogens with zero attached hydrogens (tertiary/aromatic N) is 4. The van der Waals surface area contributed by atoms with E-state index < -0.39 is 18.1 Å². The van der Waals surface area contributed by atoms with E-state index in [2.05, 4.69) is 10.3 Å². The molecule has 9 nitrogen and oxygen atoms in total. The van der Waals surface area contributed by atoms with Crippen LogP contribution >= 0.6 is 0 Å². The number of para-hydroxylation sites is 1. The van der Waals surface area contributed by atoms with Crippen molar-refractivity contribution in [3.05, 3.63) is 96.2 Å². The van der Waals surface area contributed by atoms with Crippen molar-refractivity contribution in [2.45, 2.75) is 19.4 Å². The smallest absolute Gasteiger partial charge is 0.414 e. The highest BCUT2D eigenvalue weighted by Crippen LogP contribution is 2.32. The van der Waals surface area contributed by atoms with Gasteiger partial charge >= 0.3 is 12.1 Å². The van der Waals surface area contributed by atoms with E-state index >= 15 is 0 Å². The van der Waals surface area contributed by atoms with Crippen molar-refractivity contribution in [1.82, 2.24) is 14.9 Å². The van der Waals surface area contributed by atoms with Crippen LogP contribution in [0.1, 0.15) is 11.1 Å². The molecule has 0 saturated heterocycles. The van der Waals surface area contributed by atoms with Crippen molar-refractivity contribution in [2.75, 3.05) is 31.4 Å². The zero-order valence-corrected chi connectivity index (χ0v) is 22.3. The first-order valence-electron chi connectivity index (χ1n) is 12.4. The Labute approximate surface area is 227 Å². The van der Waals surface area contributed by atoms with Gasteiger partial charge in [0, 0.05) is 45.0 Å². The number of hydrogen-bond acceptors (Lipinski definition) is 7. The van der Waals surface area contributed by atoms with Crippen molar-refractivity contribution in [1.29, 1.82) is 0 Å². The molecule has 0 saturated carbocycles. The molecule has 200 valence electrons. The van der Waals surface area contributed by atoms with Gasteiger partial charge in [-0.3, -0.25) is 0 Å². The number of carbonyl (C=O) groups excluding carboxylic acids is 1. The number of aromatic nitrogens is 2. The monoisotopic (exact) mass is 525 g/mol. The van der Waals surface area contributed by atoms with Gasteiger partial charge in [0.15, 0.2) is 0 Å². The molecule has 0 aliphatic carbocycles. The molecule has 0 radical (unpaired) electrons. The van der Waals surface area contributed by atoms with Gasteiger partial charge in [0.25, 0.3) is 0 Å². The predicted molar refractivity (Wildman–Crippen MR) is 152 cm³/mol. The molecule has 0 fully saturated rings. The second-order valence-electron chi connectivity index (χ2n) is 9.29. The molecule has 1 heterocycles. The Bertz CT molecular complexity index is 1440. The number of amides is 1. The van der Waals surface area contributed by atoms with Gasteiger partial charge in [-0.05, 0) is 47.9 Å². The molecule has 1 amide bonds. The van der Waals surface area contributed by atoms with E-state index in [-0.39, 0.29) is 6.42 Å². The standard InChI is InChI=1S/C30H31N5O4/c1-20-10-8-9-13-24(20)25-19-31-29(35(4)22-11-6-5-7-12-22)33-27(25)32-26(28(36)37)18-21-14-16-23(17-15-21)39-30(38)34(2)3/h5-17,19,26H,18H2,1-4H3,(H,36,37)(H,31,32,33)/t26-/m0/s1. The molecule has 39 heavy (non-hydrogen) atoms. The summed E-state index contributed by atoms with van der Waals surface area (Å²) in [5, 5.41) is 13.3. The molecule has 1 aromatic heterocycles. The highest BCUT2D eigenvalue weighted by molar-refractivity contribution is 5.83. The molecule has 0 spiro atoms. The molecule has 4 aromatic rings. The van der Waals surface area contributed by atoms with Crippen molar-refractivity contribution in [2.24, 2.45) is 0 Å². The summed E-state index contributed by atoms with van der Waals surface area (Å²) < 4.78 is 5.26. The molecule has 0 unspecified atom stereocenters. The van der Waals surface area contributed by atoms with Crippen molar-refractivity contribution in [3.8, 4) is 16.9 Å². The number of anilines is 3. The number of rotatable bonds is 9. The number of aryl methyl sites for hydroxylation is 1. The predicted octanol–water partition coefficient (Wildman–Crippen LogP) is 5.39. The van der Waals surface area contributed by atoms with Crippen LogP contribution in [0.15, 0.2) is 85.1 Å². The third-order valence-electron chi connectivity index (χ3n) is 6.20. The van der Waals surface area contributed by atoms with E-state index in [4.69, 9.17) is 9.72 Å². The summed E-state index contributed by atoms with van der Waals surface area (Å²) in [6, 6.07) is 23.3. The maximum Gasteiger partial charge on any atom is 0.414 e. The fourth-order valence-corrected chi connectivity index (χ4v) is 3.97. The van der Waals surface area contributed by atoms with E-state index in [1.807, 2.05) is 73.5 Å². The number of carboxylic acids is 1. The highest BCUT2D eigenvalue weighted by Gasteiger charge is 2.22. The van der Waals surface area contributed by atoms with E-state index in [0.29, 0.717) is 23.1 Å². The Morgan fingerprint density at radius 2 is 1.59 bits per heavy atom. The minimum Gasteiger partial charge on any atom is -0.480 e. The van der Waals surface area contributed by atoms with Crippen molar-refractivity contribution in [3.63, 3.8) is 0 Å². The molecular formula is C30H31N5O4. The topological polar surface area (TPSA) is 108 Å². The summed E-state index contributed by atoms with van der Waals surface area (Å²) in [7, 11) is 5.06. The summed E-state index contributed by atoms with van der Waals surface area (Å²) in [5.41, 5.74) is 4.29. The van der Waals surface area contributed by atoms with Crippen molar-refractivity contribution >= 4 is 29.5 Å². The number of ether oxygens (including phenoxy) is 1. The van der Waals surface area contributed by atoms with Gasteiger partial charge in [0.2, 0.25) is 5.95 Å². The van der Waals surface area contributed by atoms with Gasteiger partial charge in [-0.15, -0.1) is 0 Å². The number of benzene rings is 3. The van der Waals surface area contributed by atoms with Gasteiger partial charge in [-0.25, -0.2) is 14.6 Å². The first-order valence-corrected chi connectivity index (χ1v) is 12.4. The molecule has 0 aliphatic rings. The van der Waals surface area contributed by atoms with Crippen LogP contribution < -0.4 is 15.0 Å². The third kappa shape index (κ3) is 6.70. The fourth-order valence-electron chi connectivity index (χ4n) is 3.97. The molecule has 1 atom stereocenters. The van der Waals surface area contributed by atoms with Gasteiger partial charge in [-0.2, -0.15) is 4.98 Å². The fraction of sp³-hybridized carbons (Fsp3) is 0.200. The minimum atomic E-state index is -1.02. The summed E-state index contributed by atoms with van der Waals surface area (Å²) in [6.45, 7) is 1.99. The Morgan fingerprint density at radius 1 is 0.923 bits per heavy atom. The Hall–Kier alpha value is -4.92. The number of aliphatic carboxylic acids is 1. The second kappa shape index (κ2) is 12.1. The molecular weight excluding hydrogens is 494 g/mol. The molecule has 9 heteroatoms. The lowest BCUT2D eigenvalue weighted by molar-refractivity contribution is -0.137. The Balaban J connectivity index is 1.65. The van der Waals surface area contributed by atoms with Gasteiger partial charge < -0.3 is 25.0 Å². The van der Waals surface area contributed by atoms with E-state index in [1.54, 1.807) is 44.6 Å². The lowest BCUT2D eigenvalue weighted by atomic mass is 10.0. The number of carboxylic acid groups (broad SMARTS) is 1. The molecule has 0 bridgehead atoms. The Morgan fingerprint density at radius 3 is 2.23 bits per heavy atom. The quantitative estimate of drug-likeness (QED) is 0.300.